The standard InChI is InChI=1S/C12H8Cl2INO/c13-9-4-1-3-8(11(9)14)7-16-6-2-5-10(15)12(16)17/h1-6H,7H2. The maximum atomic E-state index is 11.8. The van der Waals surface area contributed by atoms with E-state index in [-0.39, 0.29) is 5.56 Å². The molecule has 0 atom stereocenters. The van der Waals surface area contributed by atoms with Crippen LogP contribution in [0.2, 0.25) is 10.0 Å². The number of benzene rings is 1. The number of pyridine rings is 1. The van der Waals surface area contributed by atoms with Crippen LogP contribution >= 0.6 is 45.8 Å². The number of nitrogens with zero attached hydrogens (tertiary/aromatic N) is 1. The van der Waals surface area contributed by atoms with Crippen molar-refractivity contribution >= 4 is 45.8 Å². The van der Waals surface area contributed by atoms with Crippen molar-refractivity contribution in [1.29, 1.82) is 0 Å². The van der Waals surface area contributed by atoms with Crippen molar-refractivity contribution < 1.29 is 0 Å². The highest BCUT2D eigenvalue weighted by atomic mass is 127. The number of aromatic nitrogens is 1. The molecule has 5 heteroatoms. The van der Waals surface area contributed by atoms with Gasteiger partial charge in [-0.2, -0.15) is 0 Å². The predicted octanol–water partition coefficient (Wildman–Crippen LogP) is 3.81. The molecule has 0 aliphatic heterocycles. The average molecular weight is 380 g/mol. The Kier molecular flexibility index (Phi) is 4.12. The summed E-state index contributed by atoms with van der Waals surface area (Å²) in [6.45, 7) is 0.426. The minimum atomic E-state index is -0.0239. The topological polar surface area (TPSA) is 22.0 Å². The Hall–Kier alpha value is -0.520. The molecule has 0 fully saturated rings. The third-order valence-electron chi connectivity index (χ3n) is 2.35. The molecule has 1 aromatic carbocycles. The van der Waals surface area contributed by atoms with Crippen LogP contribution in [-0.2, 0) is 6.54 Å². The summed E-state index contributed by atoms with van der Waals surface area (Å²) in [7, 11) is 0. The lowest BCUT2D eigenvalue weighted by Gasteiger charge is -2.08. The molecule has 0 bridgehead atoms. The highest BCUT2D eigenvalue weighted by Gasteiger charge is 2.06. The van der Waals surface area contributed by atoms with Gasteiger partial charge in [-0.1, -0.05) is 35.3 Å². The van der Waals surface area contributed by atoms with E-state index in [1.54, 1.807) is 22.9 Å². The first-order valence-corrected chi connectivity index (χ1v) is 6.71. The monoisotopic (exact) mass is 379 g/mol. The Morgan fingerprint density at radius 1 is 1.18 bits per heavy atom. The van der Waals surface area contributed by atoms with Gasteiger partial charge in [-0.25, -0.2) is 0 Å². The lowest BCUT2D eigenvalue weighted by atomic mass is 10.2. The molecule has 0 amide bonds. The van der Waals surface area contributed by atoms with Crippen molar-refractivity contribution in [2.24, 2.45) is 0 Å². The maximum Gasteiger partial charge on any atom is 0.264 e. The van der Waals surface area contributed by atoms with Crippen molar-refractivity contribution in [3.8, 4) is 0 Å². The summed E-state index contributed by atoms with van der Waals surface area (Å²) in [6, 6.07) is 9.02. The smallest absolute Gasteiger partial charge is 0.264 e. The molecule has 0 spiro atoms. The number of hydrogen-bond donors (Lipinski definition) is 0. The van der Waals surface area contributed by atoms with E-state index < -0.39 is 0 Å². The third kappa shape index (κ3) is 2.84. The van der Waals surface area contributed by atoms with Crippen LogP contribution in [0.4, 0.5) is 0 Å². The summed E-state index contributed by atoms with van der Waals surface area (Å²) in [5, 5.41) is 1.00. The summed E-state index contributed by atoms with van der Waals surface area (Å²) in [5.41, 5.74) is 0.812. The number of halogens is 3. The average Bonchev–Trinajstić information content (AvgIpc) is 2.31. The van der Waals surface area contributed by atoms with E-state index in [0.29, 0.717) is 20.2 Å². The van der Waals surface area contributed by atoms with Crippen LogP contribution in [0.3, 0.4) is 0 Å². The van der Waals surface area contributed by atoms with Gasteiger partial charge in [-0.05, 0) is 46.4 Å². The normalized spacial score (nSPS) is 10.5. The molecule has 2 nitrogen and oxygen atoms in total. The van der Waals surface area contributed by atoms with Crippen LogP contribution < -0.4 is 5.56 Å². The fourth-order valence-corrected chi connectivity index (χ4v) is 2.38. The van der Waals surface area contributed by atoms with Crippen molar-refractivity contribution in [3.05, 3.63) is 66.1 Å². The molecule has 1 heterocycles. The van der Waals surface area contributed by atoms with Gasteiger partial charge in [0.25, 0.3) is 5.56 Å². The van der Waals surface area contributed by atoms with Crippen LogP contribution in [0.25, 0.3) is 0 Å². The minimum absolute atomic E-state index is 0.0239. The molecular weight excluding hydrogens is 372 g/mol. The second-order valence-corrected chi connectivity index (χ2v) is 5.45. The summed E-state index contributed by atoms with van der Waals surface area (Å²) in [6.07, 6.45) is 1.74. The summed E-state index contributed by atoms with van der Waals surface area (Å²) in [5.74, 6) is 0. The van der Waals surface area contributed by atoms with E-state index >= 15 is 0 Å². The van der Waals surface area contributed by atoms with E-state index in [2.05, 4.69) is 0 Å². The molecule has 88 valence electrons. The van der Waals surface area contributed by atoms with Gasteiger partial charge in [0.1, 0.15) is 0 Å². The molecule has 1 aromatic heterocycles. The molecule has 0 saturated heterocycles. The first-order chi connectivity index (χ1) is 8.09. The summed E-state index contributed by atoms with van der Waals surface area (Å²) < 4.78 is 2.29. The second kappa shape index (κ2) is 5.42. The first-order valence-electron chi connectivity index (χ1n) is 4.87. The molecule has 2 rings (SSSR count). The minimum Gasteiger partial charge on any atom is -0.310 e. The van der Waals surface area contributed by atoms with Crippen LogP contribution in [0.1, 0.15) is 5.56 Å². The lowest BCUT2D eigenvalue weighted by molar-refractivity contribution is 0.755. The Balaban J connectivity index is 2.42. The molecule has 0 unspecified atom stereocenters. The fourth-order valence-electron chi connectivity index (χ4n) is 1.49. The molecule has 0 aliphatic carbocycles. The maximum absolute atomic E-state index is 11.8. The van der Waals surface area contributed by atoms with E-state index in [0.717, 1.165) is 5.56 Å². The zero-order chi connectivity index (χ0) is 12.4. The van der Waals surface area contributed by atoms with Gasteiger partial charge < -0.3 is 4.57 Å². The largest absolute Gasteiger partial charge is 0.310 e. The molecular formula is C12H8Cl2INO. The summed E-state index contributed by atoms with van der Waals surface area (Å²) >= 11 is 14.0. The molecule has 0 N–H and O–H groups in total. The van der Waals surface area contributed by atoms with Gasteiger partial charge in [-0.3, -0.25) is 4.79 Å². The van der Waals surface area contributed by atoms with Crippen LogP contribution in [0.15, 0.2) is 41.3 Å². The van der Waals surface area contributed by atoms with Crippen molar-refractivity contribution in [1.82, 2.24) is 4.57 Å². The van der Waals surface area contributed by atoms with Crippen LogP contribution in [0, 0.1) is 3.57 Å². The van der Waals surface area contributed by atoms with Crippen LogP contribution in [-0.4, -0.2) is 4.57 Å². The number of hydrogen-bond acceptors (Lipinski definition) is 1. The highest BCUT2D eigenvalue weighted by Crippen LogP contribution is 2.25. The zero-order valence-electron chi connectivity index (χ0n) is 8.66. The Morgan fingerprint density at radius 3 is 2.71 bits per heavy atom. The van der Waals surface area contributed by atoms with Gasteiger partial charge in [0.2, 0.25) is 0 Å². The van der Waals surface area contributed by atoms with Gasteiger partial charge in [0.15, 0.2) is 0 Å². The summed E-state index contributed by atoms with van der Waals surface area (Å²) in [4.78, 5) is 11.8. The zero-order valence-corrected chi connectivity index (χ0v) is 12.3. The van der Waals surface area contributed by atoms with Crippen molar-refractivity contribution in [2.75, 3.05) is 0 Å². The number of rotatable bonds is 2. The second-order valence-electron chi connectivity index (χ2n) is 3.50. The Labute approximate surface area is 122 Å². The highest BCUT2D eigenvalue weighted by molar-refractivity contribution is 14.1. The van der Waals surface area contributed by atoms with Crippen molar-refractivity contribution in [2.45, 2.75) is 6.54 Å². The third-order valence-corrected chi connectivity index (χ3v) is 4.03. The van der Waals surface area contributed by atoms with Gasteiger partial charge in [-0.15, -0.1) is 0 Å². The van der Waals surface area contributed by atoms with E-state index in [1.165, 1.54) is 0 Å². The predicted molar refractivity (Wildman–Crippen MR) is 79.0 cm³/mol. The van der Waals surface area contributed by atoms with Crippen molar-refractivity contribution in [3.63, 3.8) is 0 Å². The molecule has 2 aromatic rings. The molecule has 0 saturated carbocycles. The molecule has 17 heavy (non-hydrogen) atoms. The Bertz CT molecular complexity index is 610. The van der Waals surface area contributed by atoms with E-state index in [9.17, 15) is 4.79 Å². The molecule has 0 aliphatic rings. The van der Waals surface area contributed by atoms with Gasteiger partial charge >= 0.3 is 0 Å². The SMILES string of the molecule is O=c1c(I)cccn1Cc1cccc(Cl)c1Cl. The van der Waals surface area contributed by atoms with Gasteiger partial charge in [0, 0.05) is 6.20 Å². The fraction of sp³-hybridized carbons (Fsp3) is 0.0833. The lowest BCUT2D eigenvalue weighted by Crippen LogP contribution is -2.21. The van der Waals surface area contributed by atoms with Crippen LogP contribution in [0.5, 0.6) is 0 Å². The van der Waals surface area contributed by atoms with Gasteiger partial charge in [0.05, 0.1) is 20.2 Å². The Morgan fingerprint density at radius 2 is 1.94 bits per heavy atom. The van der Waals surface area contributed by atoms with E-state index in [4.69, 9.17) is 23.2 Å². The molecule has 0 radical (unpaired) electrons. The first kappa shape index (κ1) is 12.9. The quantitative estimate of drug-likeness (QED) is 0.727. The van der Waals surface area contributed by atoms with E-state index in [1.807, 2.05) is 40.8 Å².